The van der Waals surface area contributed by atoms with Crippen molar-refractivity contribution in [1.29, 1.82) is 0 Å². The molecule has 1 saturated heterocycles. The smallest absolute Gasteiger partial charge is 0.408 e. The number of nitrogens with two attached hydrogens (primary N) is 2. The van der Waals surface area contributed by atoms with Crippen molar-refractivity contribution in [1.82, 2.24) is 62.0 Å². The van der Waals surface area contributed by atoms with Crippen molar-refractivity contribution >= 4 is 76.4 Å². The second-order valence-corrected chi connectivity index (χ2v) is 26.8. The van der Waals surface area contributed by atoms with Gasteiger partial charge in [-0.3, -0.25) is 38.4 Å². The number of hydrogen-bond acceptors (Lipinski definition) is 17. The van der Waals surface area contributed by atoms with Gasteiger partial charge >= 0.3 is 12.1 Å². The third-order valence-electron chi connectivity index (χ3n) is 17.6. The normalized spacial score (nSPS) is 16.2. The van der Waals surface area contributed by atoms with Gasteiger partial charge in [-0.1, -0.05) is 97.4 Å². The first kappa shape index (κ1) is 79.2. The van der Waals surface area contributed by atoms with E-state index >= 15 is 0 Å². The fraction of sp³-hybridized carbons (Fsp3) is 0.588. The highest BCUT2D eigenvalue weighted by molar-refractivity contribution is 7.09. The van der Waals surface area contributed by atoms with Gasteiger partial charge in [0.1, 0.15) is 47.0 Å². The summed E-state index contributed by atoms with van der Waals surface area (Å²) in [5, 5.41) is 24.8. The monoisotopic (exact) mass is 1370 g/mol. The third kappa shape index (κ3) is 23.9. The molecule has 4 aromatic rings. The largest absolute Gasteiger partial charge is 0.445 e. The summed E-state index contributed by atoms with van der Waals surface area (Å²) in [4.78, 5) is 151. The summed E-state index contributed by atoms with van der Waals surface area (Å²) in [6.07, 6.45) is 5.99. The molecule has 1 aliphatic rings. The summed E-state index contributed by atoms with van der Waals surface area (Å²) in [6, 6.07) is 9.56. The zero-order valence-corrected chi connectivity index (χ0v) is 58.9. The second-order valence-electron chi connectivity index (χ2n) is 25.9. The number of primary amides is 1. The Morgan fingerprint density at radius 1 is 0.794 bits per heavy atom. The number of aromatic amines is 1. The number of likely N-dealkylation sites (N-methyl/N-ethyl adjacent to an activating group) is 1. The van der Waals surface area contributed by atoms with E-state index in [0.717, 1.165) is 10.6 Å². The maximum Gasteiger partial charge on any atom is 0.408 e. The number of thiazole rings is 1. The Morgan fingerprint density at radius 2 is 1.47 bits per heavy atom. The fourth-order valence-electron chi connectivity index (χ4n) is 11.7. The summed E-state index contributed by atoms with van der Waals surface area (Å²) >= 11 is 1.47. The summed E-state index contributed by atoms with van der Waals surface area (Å²) in [7, 11) is 4.69. The van der Waals surface area contributed by atoms with Crippen LogP contribution in [0.2, 0.25) is 0 Å². The number of carbonyl (C=O) groups excluding carboxylic acids is 10. The van der Waals surface area contributed by atoms with Crippen LogP contribution < -0.4 is 54.0 Å². The van der Waals surface area contributed by atoms with Crippen LogP contribution in [0.4, 0.5) is 15.3 Å². The minimum absolute atomic E-state index is 0.0472. The molecule has 97 heavy (non-hydrogen) atoms. The Kier molecular flexibility index (Phi) is 31.8. The summed E-state index contributed by atoms with van der Waals surface area (Å²) < 4.78 is 17.7. The van der Waals surface area contributed by atoms with Gasteiger partial charge in [-0.25, -0.2) is 19.6 Å². The number of benzene rings is 2. The number of methoxy groups -OCH3 is 2. The fourth-order valence-corrected chi connectivity index (χ4v) is 12.4. The van der Waals surface area contributed by atoms with Crippen LogP contribution in [0.5, 0.6) is 0 Å². The maximum absolute atomic E-state index is 14.7. The first-order valence-corrected chi connectivity index (χ1v) is 34.2. The molecule has 0 saturated carbocycles. The number of ether oxygens (including phenoxy) is 3. The van der Waals surface area contributed by atoms with Crippen LogP contribution in [0, 0.1) is 23.7 Å². The molecule has 5 rings (SSSR count). The van der Waals surface area contributed by atoms with E-state index in [0.29, 0.717) is 62.9 Å². The molecule has 0 radical (unpaired) electrons. The second kappa shape index (κ2) is 39.0. The highest BCUT2D eigenvalue weighted by atomic mass is 32.1. The molecule has 0 bridgehead atoms. The number of nitrogens with zero attached hydrogens (tertiary/aromatic N) is 4. The number of unbranched alkanes of at least 4 members (excludes halogenated alkanes) is 1. The number of amides is 11. The highest BCUT2D eigenvalue weighted by Crippen LogP contribution is 2.31. The number of alkyl carbamates (subject to hydrolysis) is 1. The number of carbonyl (C=O) groups is 10. The minimum Gasteiger partial charge on any atom is -0.445 e. The Balaban J connectivity index is 1.18. The zero-order chi connectivity index (χ0) is 71.5. The number of nitrogens with one attached hydrogen (secondary N) is 9. The lowest BCUT2D eigenvalue weighted by atomic mass is 9.89. The number of H-pyrrole nitrogens is 1. The van der Waals surface area contributed by atoms with Gasteiger partial charge in [-0.05, 0) is 113 Å². The Hall–Kier alpha value is -8.54. The van der Waals surface area contributed by atoms with E-state index in [1.54, 1.807) is 82.1 Å². The van der Waals surface area contributed by atoms with E-state index in [4.69, 9.17) is 25.7 Å². The number of hydrogen-bond donors (Lipinski definition) is 11. The molecule has 13 N–H and O–H groups in total. The van der Waals surface area contributed by atoms with Crippen molar-refractivity contribution in [3.8, 4) is 0 Å². The van der Waals surface area contributed by atoms with Crippen LogP contribution in [0.3, 0.4) is 0 Å². The SMILES string of the molecule is CC[C@H](C)[C@@H]([C@@H](CC(=O)N1CCC[C@H]1[C@H](OC)[C@@H](C)C(=O)N[C@@H](Cc1ccccc1)c1nccs1)OC)N(C)C(=O)[C@@H](NC(=O)C(C)(C)NC(=O)OCc1ccc(NC(=O)[C@H](CCCNC(N)=O)NC(=O)[C@@H](NC(=O)[C@H](CCCCN)NC(=O)c2cnc[nH]2)C(C)C)cc1)C(C)C. The molecule has 2 aromatic heterocycles. The van der Waals surface area contributed by atoms with E-state index in [9.17, 15) is 47.9 Å². The van der Waals surface area contributed by atoms with Gasteiger partial charge in [0.2, 0.25) is 41.4 Å². The highest BCUT2D eigenvalue weighted by Gasteiger charge is 2.44. The summed E-state index contributed by atoms with van der Waals surface area (Å²) in [6.45, 7) is 16.4. The van der Waals surface area contributed by atoms with Gasteiger partial charge in [0.05, 0.1) is 55.2 Å². The summed E-state index contributed by atoms with van der Waals surface area (Å²) in [5.41, 5.74) is 11.3. The lowest BCUT2D eigenvalue weighted by Crippen LogP contribution is -2.62. The van der Waals surface area contributed by atoms with Gasteiger partial charge in [0.25, 0.3) is 5.91 Å². The van der Waals surface area contributed by atoms with Gasteiger partial charge in [-0.15, -0.1) is 11.3 Å². The maximum atomic E-state index is 14.7. The van der Waals surface area contributed by atoms with E-state index in [1.165, 1.54) is 44.8 Å². The van der Waals surface area contributed by atoms with Crippen LogP contribution in [0.15, 0.2) is 78.7 Å². The average Bonchev–Trinajstić information content (AvgIpc) is 1.79. The lowest BCUT2D eigenvalue weighted by Gasteiger charge is -2.41. The van der Waals surface area contributed by atoms with Crippen LogP contribution in [0.1, 0.15) is 153 Å². The zero-order valence-electron chi connectivity index (χ0n) is 58.1. The quantitative estimate of drug-likeness (QED) is 0.0263. The van der Waals surface area contributed by atoms with Crippen LogP contribution in [-0.4, -0.2) is 179 Å². The van der Waals surface area contributed by atoms with E-state index in [1.807, 2.05) is 56.5 Å². The van der Waals surface area contributed by atoms with Gasteiger partial charge in [0.15, 0.2) is 0 Å². The average molecular weight is 1370 g/mol. The molecule has 1 aliphatic heterocycles. The molecule has 1 fully saturated rings. The molecule has 11 atom stereocenters. The van der Waals surface area contributed by atoms with E-state index < -0.39 is 119 Å². The molecule has 0 unspecified atom stereocenters. The molecule has 11 amide bonds. The molecular weight excluding hydrogens is 1270 g/mol. The van der Waals surface area contributed by atoms with Gasteiger partial charge < -0.3 is 83.0 Å². The van der Waals surface area contributed by atoms with Crippen molar-refractivity contribution in [2.45, 2.75) is 193 Å². The Labute approximate surface area is 573 Å². The predicted molar refractivity (Wildman–Crippen MR) is 367 cm³/mol. The first-order chi connectivity index (χ1) is 46.1. The molecule has 3 heterocycles. The van der Waals surface area contributed by atoms with Crippen molar-refractivity contribution in [3.05, 3.63) is 101 Å². The molecule has 28 nitrogen and oxygen atoms in total. The number of likely N-dealkylation sites (tertiary alicyclic amines) is 1. The Morgan fingerprint density at radius 3 is 2.07 bits per heavy atom. The van der Waals surface area contributed by atoms with Crippen LogP contribution in [-0.2, 0) is 60.8 Å². The lowest BCUT2D eigenvalue weighted by molar-refractivity contribution is -0.148. The molecule has 29 heteroatoms. The third-order valence-corrected chi connectivity index (χ3v) is 18.4. The molecular formula is C68H103N15O13S. The number of rotatable bonds is 39. The standard InChI is InChI=1S/C68H103N15O13S/c1-13-42(6)56(52(94-11)36-53(84)83-33-20-25-51(83)57(95-12)43(7)58(85)78-49(63-72-32-34-97-63)35-44-21-15-14-16-22-44)82(10)64(90)55(41(4)5)80-65(91)68(8,9)81-67(93)96-38-45-26-28-46(29-27-45)75-59(86)48(24-19-31-73-66(70)92)77-62(89)54(40(2)3)79-60(87)47(23-17-18-30-69)76-61(88)50-37-71-39-74-50/h14-16,21-22,26-29,32,34,37,39-43,47-49,51-52,54-57H,13,17-20,23-25,30-31,33,35-36,38,69H2,1-12H3,(H,71,74)(H,75,86)(H,76,88)(H,77,89)(H,78,85)(H,79,87)(H,80,91)(H,81,93)(H3,70,73,92)/t42-,43+,47-,48-,49-,51-,52+,54-,55-,56-,57+/m0/s1. The summed E-state index contributed by atoms with van der Waals surface area (Å²) in [5.74, 6) is -5.75. The van der Waals surface area contributed by atoms with Crippen molar-refractivity contribution in [2.75, 3.05) is 46.2 Å². The van der Waals surface area contributed by atoms with Crippen molar-refractivity contribution < 1.29 is 62.2 Å². The molecule has 534 valence electrons. The number of aromatic nitrogens is 3. The van der Waals surface area contributed by atoms with E-state index in [-0.39, 0.29) is 68.3 Å². The number of anilines is 1. The predicted octanol–water partition coefficient (Wildman–Crippen LogP) is 4.97. The molecule has 2 aromatic carbocycles. The molecule has 0 spiro atoms. The number of urea groups is 1. The van der Waals surface area contributed by atoms with Crippen molar-refractivity contribution in [2.24, 2.45) is 35.1 Å². The van der Waals surface area contributed by atoms with Crippen molar-refractivity contribution in [3.63, 3.8) is 0 Å². The molecule has 0 aliphatic carbocycles. The van der Waals surface area contributed by atoms with Crippen LogP contribution >= 0.6 is 11.3 Å². The topological polar surface area (TPSA) is 395 Å². The Bertz CT molecular complexity index is 3180. The van der Waals surface area contributed by atoms with Gasteiger partial charge in [0, 0.05) is 51.6 Å². The first-order valence-electron chi connectivity index (χ1n) is 33.3. The minimum atomic E-state index is -1.60. The van der Waals surface area contributed by atoms with Gasteiger partial charge in [-0.2, -0.15) is 0 Å². The number of imidazole rings is 1. The van der Waals surface area contributed by atoms with E-state index in [2.05, 4.69) is 57.5 Å². The van der Waals surface area contributed by atoms with Crippen LogP contribution in [0.25, 0.3) is 0 Å².